The Morgan fingerprint density at radius 3 is 2.48 bits per heavy atom. The number of nitrogens with zero attached hydrogens (tertiary/aromatic N) is 2. The van der Waals surface area contributed by atoms with Crippen LogP contribution in [0.5, 0.6) is 17.2 Å². The van der Waals surface area contributed by atoms with Crippen molar-refractivity contribution in [2.45, 2.75) is 46.4 Å². The lowest BCUT2D eigenvalue weighted by atomic mass is 9.95. The van der Waals surface area contributed by atoms with Gasteiger partial charge in [-0.1, -0.05) is 47.2 Å². The standard InChI is InChI=1S/C34H31Br2ClN2O6S/c1-6-43-33(41)29-19(4)38-34-39(30(29)21-11-12-26(45-18(2)3)27(16-21)42-5)32(40)28(46-34)15-20-13-23(35)31(24(36)14-20)44-17-22-9-7-8-10-25(22)37/h7-16,18,30H,6,17H2,1-5H3/b28-15-/t30-/m1/s1. The summed E-state index contributed by atoms with van der Waals surface area (Å²) in [6.45, 7) is 7.80. The van der Waals surface area contributed by atoms with Crippen molar-refractivity contribution >= 4 is 66.8 Å². The molecular formula is C34H31Br2ClN2O6S. The van der Waals surface area contributed by atoms with Crippen molar-refractivity contribution in [1.29, 1.82) is 0 Å². The van der Waals surface area contributed by atoms with Gasteiger partial charge in [-0.05, 0) is 107 Å². The molecule has 3 aromatic carbocycles. The van der Waals surface area contributed by atoms with Gasteiger partial charge in [0.2, 0.25) is 0 Å². The van der Waals surface area contributed by atoms with Gasteiger partial charge in [0.15, 0.2) is 16.3 Å². The van der Waals surface area contributed by atoms with Crippen LogP contribution in [0.3, 0.4) is 0 Å². The predicted octanol–water partition coefficient (Wildman–Crippen LogP) is 7.35. The van der Waals surface area contributed by atoms with E-state index in [4.69, 9.17) is 30.5 Å². The Balaban J connectivity index is 1.58. The van der Waals surface area contributed by atoms with Gasteiger partial charge in [-0.25, -0.2) is 9.79 Å². The summed E-state index contributed by atoms with van der Waals surface area (Å²) in [6.07, 6.45) is 1.72. The fourth-order valence-corrected chi connectivity index (χ4v) is 7.72. The highest BCUT2D eigenvalue weighted by atomic mass is 79.9. The third-order valence-electron chi connectivity index (χ3n) is 7.03. The molecule has 1 aliphatic heterocycles. The van der Waals surface area contributed by atoms with Gasteiger partial charge in [-0.3, -0.25) is 9.36 Å². The quantitative estimate of drug-likeness (QED) is 0.156. The fourth-order valence-electron chi connectivity index (χ4n) is 5.03. The zero-order valence-corrected chi connectivity index (χ0v) is 30.5. The maximum Gasteiger partial charge on any atom is 0.338 e. The molecule has 0 fully saturated rings. The van der Waals surface area contributed by atoms with Crippen molar-refractivity contribution in [3.05, 3.63) is 116 Å². The smallest absolute Gasteiger partial charge is 0.338 e. The van der Waals surface area contributed by atoms with Gasteiger partial charge >= 0.3 is 5.97 Å². The molecule has 0 spiro atoms. The molecule has 0 unspecified atom stereocenters. The second-order valence-corrected chi connectivity index (χ2v) is 13.7. The number of thiazole rings is 1. The Labute approximate surface area is 292 Å². The molecule has 1 aromatic heterocycles. The minimum atomic E-state index is -0.793. The predicted molar refractivity (Wildman–Crippen MR) is 187 cm³/mol. The number of aromatic nitrogens is 1. The monoisotopic (exact) mass is 788 g/mol. The number of halogens is 3. The number of carbonyl (C=O) groups is 1. The largest absolute Gasteiger partial charge is 0.493 e. The lowest BCUT2D eigenvalue weighted by Crippen LogP contribution is -2.40. The van der Waals surface area contributed by atoms with Gasteiger partial charge < -0.3 is 18.9 Å². The van der Waals surface area contributed by atoms with Crippen molar-refractivity contribution in [2.24, 2.45) is 4.99 Å². The molecule has 12 heteroatoms. The van der Waals surface area contributed by atoms with Crippen molar-refractivity contribution < 1.29 is 23.7 Å². The lowest BCUT2D eigenvalue weighted by molar-refractivity contribution is -0.139. The Hall–Kier alpha value is -3.38. The molecule has 0 bridgehead atoms. The summed E-state index contributed by atoms with van der Waals surface area (Å²) in [4.78, 5) is 32.6. The Kier molecular flexibility index (Phi) is 10.8. The van der Waals surface area contributed by atoms with Crippen molar-refractivity contribution in [3.63, 3.8) is 0 Å². The summed E-state index contributed by atoms with van der Waals surface area (Å²) in [7, 11) is 1.55. The van der Waals surface area contributed by atoms with Crippen LogP contribution >= 0.6 is 54.8 Å². The normalized spacial score (nSPS) is 14.6. The second-order valence-electron chi connectivity index (χ2n) is 10.6. The molecule has 240 valence electrons. The fraction of sp³-hybridized carbons (Fsp3) is 0.265. The van der Waals surface area contributed by atoms with Gasteiger partial charge in [0, 0.05) is 10.6 Å². The maximum atomic E-state index is 14.1. The van der Waals surface area contributed by atoms with Crippen molar-refractivity contribution in [2.75, 3.05) is 13.7 Å². The van der Waals surface area contributed by atoms with Crippen LogP contribution in [0.2, 0.25) is 5.02 Å². The molecule has 0 amide bonds. The number of allylic oxidation sites excluding steroid dienone is 1. The molecule has 4 aromatic rings. The molecule has 8 nitrogen and oxygen atoms in total. The molecule has 0 aliphatic carbocycles. The first-order valence-electron chi connectivity index (χ1n) is 14.4. The van der Waals surface area contributed by atoms with Crippen LogP contribution in [-0.2, 0) is 16.1 Å². The van der Waals surface area contributed by atoms with E-state index in [0.29, 0.717) is 51.8 Å². The zero-order valence-electron chi connectivity index (χ0n) is 25.7. The first-order valence-corrected chi connectivity index (χ1v) is 17.2. The summed E-state index contributed by atoms with van der Waals surface area (Å²) >= 11 is 14.8. The van der Waals surface area contributed by atoms with Crippen LogP contribution in [0.4, 0.5) is 0 Å². The molecule has 5 rings (SSSR count). The maximum absolute atomic E-state index is 14.1. The Bertz CT molecular complexity index is 2000. The minimum Gasteiger partial charge on any atom is -0.493 e. The summed E-state index contributed by atoms with van der Waals surface area (Å²) < 4.78 is 26.4. The number of benzene rings is 3. The number of esters is 1. The molecule has 46 heavy (non-hydrogen) atoms. The number of carbonyl (C=O) groups excluding carboxylic acids is 1. The minimum absolute atomic E-state index is 0.0716. The molecule has 1 atom stereocenters. The average Bonchev–Trinajstić information content (AvgIpc) is 3.30. The topological polar surface area (TPSA) is 88.4 Å². The number of fused-ring (bicyclic) bond motifs is 1. The lowest BCUT2D eigenvalue weighted by Gasteiger charge is -2.25. The molecule has 0 saturated carbocycles. The molecule has 0 saturated heterocycles. The number of hydrogen-bond acceptors (Lipinski definition) is 8. The SMILES string of the molecule is CCOC(=O)C1=C(C)N=c2s/c(=C\c3cc(Br)c(OCc4ccccc4Cl)c(Br)c3)c(=O)n2[C@@H]1c1ccc(OC(C)C)c(OC)c1. The van der Waals surface area contributed by atoms with Crippen LogP contribution in [0.25, 0.3) is 6.08 Å². The van der Waals surface area contributed by atoms with E-state index in [9.17, 15) is 9.59 Å². The zero-order chi connectivity index (χ0) is 33.1. The molecule has 1 aliphatic rings. The highest BCUT2D eigenvalue weighted by molar-refractivity contribution is 9.11. The van der Waals surface area contributed by atoms with Crippen molar-refractivity contribution in [1.82, 2.24) is 4.57 Å². The highest BCUT2D eigenvalue weighted by Crippen LogP contribution is 2.38. The number of hydrogen-bond donors (Lipinski definition) is 0. The number of methoxy groups -OCH3 is 1. The van der Waals surface area contributed by atoms with Gasteiger partial charge in [-0.2, -0.15) is 0 Å². The van der Waals surface area contributed by atoms with Gasteiger partial charge in [0.05, 0.1) is 50.6 Å². The first-order chi connectivity index (χ1) is 22.0. The summed E-state index contributed by atoms with van der Waals surface area (Å²) in [5, 5.41) is 0.625. The van der Waals surface area contributed by atoms with E-state index in [2.05, 4.69) is 36.9 Å². The van der Waals surface area contributed by atoms with E-state index in [1.54, 1.807) is 43.7 Å². The molecule has 2 heterocycles. The molecule has 0 N–H and O–H groups in total. The Morgan fingerprint density at radius 2 is 1.83 bits per heavy atom. The van der Waals surface area contributed by atoms with Crippen molar-refractivity contribution in [3.8, 4) is 17.2 Å². The summed E-state index contributed by atoms with van der Waals surface area (Å²) in [5.74, 6) is 1.11. The molecular weight excluding hydrogens is 760 g/mol. The summed E-state index contributed by atoms with van der Waals surface area (Å²) in [5.41, 5.74) is 2.73. The van der Waals surface area contributed by atoms with Crippen LogP contribution in [0, 0.1) is 0 Å². The van der Waals surface area contributed by atoms with Gasteiger partial charge in [0.25, 0.3) is 5.56 Å². The van der Waals surface area contributed by atoms with E-state index in [1.165, 1.54) is 11.3 Å². The van der Waals surface area contributed by atoms with Crippen LogP contribution < -0.4 is 29.1 Å². The number of ether oxygens (including phenoxy) is 4. The summed E-state index contributed by atoms with van der Waals surface area (Å²) in [6, 6.07) is 15.8. The van der Waals surface area contributed by atoms with E-state index < -0.39 is 12.0 Å². The third kappa shape index (κ3) is 7.12. The highest BCUT2D eigenvalue weighted by Gasteiger charge is 2.34. The van der Waals surface area contributed by atoms with Crippen LogP contribution in [-0.4, -0.2) is 30.4 Å². The van der Waals surface area contributed by atoms with Gasteiger partial charge in [-0.15, -0.1) is 0 Å². The molecule has 0 radical (unpaired) electrons. The third-order valence-corrected chi connectivity index (χ3v) is 9.56. The van der Waals surface area contributed by atoms with Gasteiger partial charge in [0.1, 0.15) is 12.4 Å². The first kappa shape index (κ1) is 34.0. The van der Waals surface area contributed by atoms with E-state index >= 15 is 0 Å². The van der Waals surface area contributed by atoms with Crippen LogP contribution in [0.15, 0.2) is 84.6 Å². The van der Waals surface area contributed by atoms with E-state index in [-0.39, 0.29) is 30.5 Å². The average molecular weight is 791 g/mol. The van der Waals surface area contributed by atoms with E-state index in [1.807, 2.05) is 56.3 Å². The van der Waals surface area contributed by atoms with E-state index in [0.717, 1.165) is 11.1 Å². The number of rotatable bonds is 10. The second kappa shape index (κ2) is 14.6. The van der Waals surface area contributed by atoms with Crippen LogP contribution in [0.1, 0.15) is 50.4 Å². The Morgan fingerprint density at radius 1 is 1.11 bits per heavy atom.